The lowest BCUT2D eigenvalue weighted by atomic mass is 9.57. The number of benzene rings is 1. The highest BCUT2D eigenvalue weighted by Crippen LogP contribution is 2.58. The lowest BCUT2D eigenvalue weighted by molar-refractivity contribution is -0.200. The van der Waals surface area contributed by atoms with Crippen molar-refractivity contribution in [3.05, 3.63) is 64.6 Å². The van der Waals surface area contributed by atoms with Gasteiger partial charge in [-0.05, 0) is 61.6 Å². The van der Waals surface area contributed by atoms with Crippen molar-refractivity contribution in [3.8, 4) is 5.69 Å². The Morgan fingerprint density at radius 3 is 2.44 bits per heavy atom. The van der Waals surface area contributed by atoms with Crippen molar-refractivity contribution in [2.75, 3.05) is 18.0 Å². The Hall–Kier alpha value is -2.72. The molecule has 36 heavy (non-hydrogen) atoms. The normalized spacial score (nSPS) is 22.4. The summed E-state index contributed by atoms with van der Waals surface area (Å²) in [6, 6.07) is 8.50. The minimum absolute atomic E-state index is 0.0840. The smallest absolute Gasteiger partial charge is 0.355 e. The van der Waals surface area contributed by atoms with E-state index in [4.69, 9.17) is 11.6 Å². The van der Waals surface area contributed by atoms with E-state index in [-0.39, 0.29) is 43.1 Å². The van der Waals surface area contributed by atoms with Gasteiger partial charge < -0.3 is 4.90 Å². The Labute approximate surface area is 209 Å². The maximum absolute atomic E-state index is 14.0. The van der Waals surface area contributed by atoms with Crippen LogP contribution >= 0.6 is 11.6 Å². The lowest BCUT2D eigenvalue weighted by Crippen LogP contribution is -2.62. The molecule has 3 aromatic rings. The number of nitrogens with zero attached hydrogens (tertiary/aromatic N) is 6. The van der Waals surface area contributed by atoms with Crippen molar-refractivity contribution in [1.29, 1.82) is 0 Å². The second kappa shape index (κ2) is 7.41. The van der Waals surface area contributed by atoms with Gasteiger partial charge in [0.05, 0.1) is 18.4 Å². The molecule has 0 N–H and O–H groups in total. The van der Waals surface area contributed by atoms with Crippen LogP contribution in [0.1, 0.15) is 48.8 Å². The van der Waals surface area contributed by atoms with E-state index in [9.17, 15) is 17.6 Å². The zero-order valence-corrected chi connectivity index (χ0v) is 20.0. The standard InChI is InChI=1S/C25H23ClF4N6/c26-17-1-3-19-15(7-17)11-35(24(5-6-24)25(28,29)30)12-21-32-33-22(36(19)21)16-8-23(9-16)13-34(14-23)20-4-2-18(27)10-31-20/h1-4,7,10,16H,5-6,8-9,11-14H2. The Morgan fingerprint density at radius 2 is 1.78 bits per heavy atom. The quantitative estimate of drug-likeness (QED) is 0.443. The summed E-state index contributed by atoms with van der Waals surface area (Å²) in [4.78, 5) is 7.81. The first-order chi connectivity index (χ1) is 17.2. The molecule has 2 aliphatic carbocycles. The van der Waals surface area contributed by atoms with Crippen LogP contribution in [-0.4, -0.2) is 49.5 Å². The Kier molecular flexibility index (Phi) is 4.63. The zero-order chi connectivity index (χ0) is 24.9. The Morgan fingerprint density at radius 1 is 1.00 bits per heavy atom. The van der Waals surface area contributed by atoms with E-state index < -0.39 is 11.7 Å². The van der Waals surface area contributed by atoms with Gasteiger partial charge in [0.2, 0.25) is 0 Å². The van der Waals surface area contributed by atoms with Crippen molar-refractivity contribution in [2.45, 2.75) is 56.4 Å². The molecule has 11 heteroatoms. The van der Waals surface area contributed by atoms with Crippen LogP contribution in [0.3, 0.4) is 0 Å². The number of halogens is 5. The molecule has 2 aromatic heterocycles. The summed E-state index contributed by atoms with van der Waals surface area (Å²) in [7, 11) is 0. The molecule has 3 fully saturated rings. The van der Waals surface area contributed by atoms with Gasteiger partial charge in [-0.3, -0.25) is 9.47 Å². The average Bonchev–Trinajstić information content (AvgIpc) is 3.52. The van der Waals surface area contributed by atoms with Crippen LogP contribution in [-0.2, 0) is 13.1 Å². The predicted octanol–water partition coefficient (Wildman–Crippen LogP) is 5.25. The minimum Gasteiger partial charge on any atom is -0.355 e. The van der Waals surface area contributed by atoms with E-state index in [2.05, 4.69) is 20.1 Å². The maximum Gasteiger partial charge on any atom is 0.406 e. The molecule has 0 radical (unpaired) electrons. The third-order valence-corrected chi connectivity index (χ3v) is 8.64. The fourth-order valence-electron chi connectivity index (χ4n) is 6.40. The van der Waals surface area contributed by atoms with E-state index in [0.29, 0.717) is 10.8 Å². The number of hydrogen-bond donors (Lipinski definition) is 0. The molecule has 0 atom stereocenters. The molecule has 1 saturated heterocycles. The van der Waals surface area contributed by atoms with Gasteiger partial charge in [-0.2, -0.15) is 13.2 Å². The molecule has 0 unspecified atom stereocenters. The van der Waals surface area contributed by atoms with Crippen molar-refractivity contribution in [1.82, 2.24) is 24.6 Å². The highest BCUT2D eigenvalue weighted by atomic mass is 35.5. The van der Waals surface area contributed by atoms with Crippen molar-refractivity contribution >= 4 is 17.4 Å². The predicted molar refractivity (Wildman–Crippen MR) is 124 cm³/mol. The highest BCUT2D eigenvalue weighted by molar-refractivity contribution is 6.30. The van der Waals surface area contributed by atoms with Crippen LogP contribution < -0.4 is 4.90 Å². The van der Waals surface area contributed by atoms with E-state index in [0.717, 1.165) is 48.8 Å². The first-order valence-electron chi connectivity index (χ1n) is 12.1. The van der Waals surface area contributed by atoms with E-state index >= 15 is 0 Å². The molecule has 188 valence electrons. The number of pyridine rings is 1. The molecule has 7 rings (SSSR count). The van der Waals surface area contributed by atoms with Crippen LogP contribution in [0.5, 0.6) is 0 Å². The van der Waals surface area contributed by atoms with Gasteiger partial charge >= 0.3 is 6.18 Å². The SMILES string of the molecule is Fc1ccc(N2CC3(CC(c4nnc5n4-c4ccc(Cl)cc4CN(C4(C(F)(F)F)CC4)C5)C3)C2)nc1. The van der Waals surface area contributed by atoms with Gasteiger partial charge in [-0.15, -0.1) is 10.2 Å². The van der Waals surface area contributed by atoms with E-state index in [1.807, 2.05) is 10.6 Å². The first-order valence-corrected chi connectivity index (χ1v) is 12.5. The first kappa shape index (κ1) is 22.5. The number of hydrogen-bond acceptors (Lipinski definition) is 5. The topological polar surface area (TPSA) is 50.1 Å². The molecule has 0 bridgehead atoms. The fourth-order valence-corrected chi connectivity index (χ4v) is 6.59. The molecular weight excluding hydrogens is 496 g/mol. The number of fused-ring (bicyclic) bond motifs is 3. The van der Waals surface area contributed by atoms with Gasteiger partial charge in [-0.25, -0.2) is 9.37 Å². The zero-order valence-electron chi connectivity index (χ0n) is 19.3. The maximum atomic E-state index is 14.0. The van der Waals surface area contributed by atoms with Crippen molar-refractivity contribution in [2.24, 2.45) is 5.41 Å². The molecule has 2 saturated carbocycles. The largest absolute Gasteiger partial charge is 0.406 e. The number of rotatable bonds is 3. The number of aromatic nitrogens is 4. The van der Waals surface area contributed by atoms with Crippen LogP contribution in [0.15, 0.2) is 36.5 Å². The molecule has 4 aliphatic rings. The van der Waals surface area contributed by atoms with E-state index in [1.165, 1.54) is 17.2 Å². The summed E-state index contributed by atoms with van der Waals surface area (Å²) in [5.41, 5.74) is -0.0927. The van der Waals surface area contributed by atoms with Gasteiger partial charge in [0.1, 0.15) is 23.0 Å². The van der Waals surface area contributed by atoms with Crippen molar-refractivity contribution in [3.63, 3.8) is 0 Å². The monoisotopic (exact) mass is 518 g/mol. The van der Waals surface area contributed by atoms with Crippen LogP contribution in [0.2, 0.25) is 5.02 Å². The summed E-state index contributed by atoms with van der Waals surface area (Å²) >= 11 is 6.26. The average molecular weight is 519 g/mol. The van der Waals surface area contributed by atoms with Crippen molar-refractivity contribution < 1.29 is 17.6 Å². The number of anilines is 1. The second-order valence-electron chi connectivity index (χ2n) is 10.8. The van der Waals surface area contributed by atoms with Crippen LogP contribution in [0, 0.1) is 11.2 Å². The summed E-state index contributed by atoms with van der Waals surface area (Å²) in [5.74, 6) is 1.92. The van der Waals surface area contributed by atoms with Gasteiger partial charge in [-0.1, -0.05) is 11.6 Å². The summed E-state index contributed by atoms with van der Waals surface area (Å²) < 4.78 is 57.2. The molecule has 0 amide bonds. The molecule has 4 heterocycles. The van der Waals surface area contributed by atoms with Gasteiger partial charge in [0.25, 0.3) is 0 Å². The fraction of sp³-hybridized carbons (Fsp3) is 0.480. The van der Waals surface area contributed by atoms with Gasteiger partial charge in [0, 0.05) is 36.0 Å². The Balaban J connectivity index is 1.16. The third-order valence-electron chi connectivity index (χ3n) is 8.40. The van der Waals surface area contributed by atoms with E-state index in [1.54, 1.807) is 18.2 Å². The number of alkyl halides is 3. The lowest BCUT2D eigenvalue weighted by Gasteiger charge is -2.59. The summed E-state index contributed by atoms with van der Waals surface area (Å²) in [6.07, 6.45) is -1.05. The molecular formula is C25H23ClF4N6. The third kappa shape index (κ3) is 3.30. The molecule has 6 nitrogen and oxygen atoms in total. The summed E-state index contributed by atoms with van der Waals surface area (Å²) in [5, 5.41) is 9.38. The second-order valence-corrected chi connectivity index (χ2v) is 11.2. The summed E-state index contributed by atoms with van der Waals surface area (Å²) in [6.45, 7) is 1.93. The van der Waals surface area contributed by atoms with Crippen LogP contribution in [0.4, 0.5) is 23.4 Å². The van der Waals surface area contributed by atoms with Gasteiger partial charge in [0.15, 0.2) is 5.82 Å². The molecule has 1 aromatic carbocycles. The molecule has 1 spiro atoms. The highest BCUT2D eigenvalue weighted by Gasteiger charge is 2.67. The molecule has 2 aliphatic heterocycles. The minimum atomic E-state index is -4.31. The van der Waals surface area contributed by atoms with Crippen LogP contribution in [0.25, 0.3) is 5.69 Å². The Bertz CT molecular complexity index is 1340.